The molecule has 1 heterocycles. The summed E-state index contributed by atoms with van der Waals surface area (Å²) in [4.78, 5) is 15.8. The predicted octanol–water partition coefficient (Wildman–Crippen LogP) is 1.09. The van der Waals surface area contributed by atoms with Crippen LogP contribution >= 0.6 is 0 Å². The molecule has 104 valence electrons. The van der Waals surface area contributed by atoms with Gasteiger partial charge in [-0.05, 0) is 19.3 Å². The van der Waals surface area contributed by atoms with E-state index in [4.69, 9.17) is 0 Å². The molecule has 0 spiro atoms. The Morgan fingerprint density at radius 3 is 2.67 bits per heavy atom. The van der Waals surface area contributed by atoms with Crippen molar-refractivity contribution < 1.29 is 9.90 Å². The smallest absolute Gasteiger partial charge is 0.239 e. The number of aliphatic hydroxyl groups excluding tert-OH is 1. The molecule has 0 radical (unpaired) electrons. The third-order valence-electron chi connectivity index (χ3n) is 4.53. The Kier molecular flexibility index (Phi) is 4.62. The normalized spacial score (nSPS) is 28.9. The summed E-state index contributed by atoms with van der Waals surface area (Å²) in [6.45, 7) is 4.25. The monoisotopic (exact) mass is 254 g/mol. The molecule has 1 N–H and O–H groups in total. The van der Waals surface area contributed by atoms with Gasteiger partial charge in [-0.1, -0.05) is 25.7 Å². The first-order valence-electron chi connectivity index (χ1n) is 7.25. The predicted molar refractivity (Wildman–Crippen MR) is 71.3 cm³/mol. The van der Waals surface area contributed by atoms with Gasteiger partial charge in [-0.2, -0.15) is 0 Å². The van der Waals surface area contributed by atoms with Crippen LogP contribution in [0, 0.1) is 5.92 Å². The van der Waals surface area contributed by atoms with Crippen molar-refractivity contribution in [2.75, 3.05) is 26.7 Å². The van der Waals surface area contributed by atoms with Gasteiger partial charge >= 0.3 is 0 Å². The fourth-order valence-corrected chi connectivity index (χ4v) is 3.28. The van der Waals surface area contributed by atoms with E-state index in [2.05, 4.69) is 4.90 Å². The first-order valence-corrected chi connectivity index (χ1v) is 7.25. The number of piperazine rings is 1. The minimum absolute atomic E-state index is 0.0815. The van der Waals surface area contributed by atoms with Crippen LogP contribution in [-0.2, 0) is 4.79 Å². The molecule has 0 unspecified atom stereocenters. The van der Waals surface area contributed by atoms with Crippen molar-refractivity contribution in [1.29, 1.82) is 0 Å². The van der Waals surface area contributed by atoms with E-state index in [-0.39, 0.29) is 18.1 Å². The SMILES string of the molecule is C[C@H]1C(=O)N(C)CCN1C[C@@H](O)CC1CCCC1. The molecule has 1 amide bonds. The van der Waals surface area contributed by atoms with Gasteiger partial charge in [-0.3, -0.25) is 9.69 Å². The Morgan fingerprint density at radius 1 is 1.33 bits per heavy atom. The van der Waals surface area contributed by atoms with Crippen LogP contribution in [0.5, 0.6) is 0 Å². The molecule has 0 aromatic rings. The lowest BCUT2D eigenvalue weighted by Gasteiger charge is -2.38. The quantitative estimate of drug-likeness (QED) is 0.817. The van der Waals surface area contributed by atoms with Gasteiger partial charge in [0.25, 0.3) is 0 Å². The minimum Gasteiger partial charge on any atom is -0.392 e. The van der Waals surface area contributed by atoms with Gasteiger partial charge < -0.3 is 10.0 Å². The lowest BCUT2D eigenvalue weighted by molar-refractivity contribution is -0.140. The fourth-order valence-electron chi connectivity index (χ4n) is 3.28. The third kappa shape index (κ3) is 3.23. The highest BCUT2D eigenvalue weighted by molar-refractivity contribution is 5.81. The van der Waals surface area contributed by atoms with Crippen molar-refractivity contribution in [3.8, 4) is 0 Å². The Hall–Kier alpha value is -0.610. The molecule has 18 heavy (non-hydrogen) atoms. The highest BCUT2D eigenvalue weighted by Gasteiger charge is 2.31. The molecule has 1 aliphatic heterocycles. The highest BCUT2D eigenvalue weighted by Crippen LogP contribution is 2.28. The topological polar surface area (TPSA) is 43.8 Å². The first-order chi connectivity index (χ1) is 8.58. The molecular weight excluding hydrogens is 228 g/mol. The van der Waals surface area contributed by atoms with Crippen LogP contribution in [0.15, 0.2) is 0 Å². The van der Waals surface area contributed by atoms with Crippen molar-refractivity contribution >= 4 is 5.91 Å². The van der Waals surface area contributed by atoms with E-state index in [1.54, 1.807) is 4.90 Å². The van der Waals surface area contributed by atoms with E-state index in [1.807, 2.05) is 14.0 Å². The second-order valence-corrected chi connectivity index (χ2v) is 5.97. The molecule has 1 aliphatic carbocycles. The lowest BCUT2D eigenvalue weighted by Crippen LogP contribution is -2.56. The summed E-state index contributed by atoms with van der Waals surface area (Å²) >= 11 is 0. The second kappa shape index (κ2) is 6.02. The van der Waals surface area contributed by atoms with E-state index in [1.165, 1.54) is 25.7 Å². The Labute approximate surface area is 110 Å². The van der Waals surface area contributed by atoms with E-state index < -0.39 is 0 Å². The number of hydrogen-bond acceptors (Lipinski definition) is 3. The fraction of sp³-hybridized carbons (Fsp3) is 0.929. The van der Waals surface area contributed by atoms with Gasteiger partial charge in [0.1, 0.15) is 0 Å². The van der Waals surface area contributed by atoms with E-state index in [9.17, 15) is 9.90 Å². The first kappa shape index (κ1) is 13.8. The summed E-state index contributed by atoms with van der Waals surface area (Å²) in [6, 6.07) is -0.0815. The summed E-state index contributed by atoms with van der Waals surface area (Å²) < 4.78 is 0. The number of rotatable bonds is 4. The molecule has 2 atom stereocenters. The zero-order valence-corrected chi connectivity index (χ0v) is 11.6. The van der Waals surface area contributed by atoms with Crippen LogP contribution in [0.25, 0.3) is 0 Å². The average molecular weight is 254 g/mol. The number of likely N-dealkylation sites (N-methyl/N-ethyl adjacent to an activating group) is 1. The maximum atomic E-state index is 11.9. The van der Waals surface area contributed by atoms with Crippen LogP contribution in [0.1, 0.15) is 39.0 Å². The maximum Gasteiger partial charge on any atom is 0.239 e. The summed E-state index contributed by atoms with van der Waals surface area (Å²) in [5.41, 5.74) is 0. The van der Waals surface area contributed by atoms with Gasteiger partial charge in [-0.25, -0.2) is 0 Å². The van der Waals surface area contributed by atoms with Gasteiger partial charge in [-0.15, -0.1) is 0 Å². The number of β-amino-alcohol motifs (C(OH)–C–C–N with tert-alkyl or cyclic N) is 1. The van der Waals surface area contributed by atoms with Gasteiger partial charge in [0.15, 0.2) is 0 Å². The number of nitrogens with zero attached hydrogens (tertiary/aromatic N) is 2. The lowest BCUT2D eigenvalue weighted by atomic mass is 9.99. The van der Waals surface area contributed by atoms with Crippen molar-refractivity contribution in [2.24, 2.45) is 5.92 Å². The average Bonchev–Trinajstić information content (AvgIpc) is 2.83. The Balaban J connectivity index is 1.79. The molecule has 0 aromatic carbocycles. The highest BCUT2D eigenvalue weighted by atomic mass is 16.3. The minimum atomic E-state index is -0.272. The van der Waals surface area contributed by atoms with Gasteiger partial charge in [0.2, 0.25) is 5.91 Å². The molecule has 2 rings (SSSR count). The van der Waals surface area contributed by atoms with Gasteiger partial charge in [0.05, 0.1) is 12.1 Å². The number of hydrogen-bond donors (Lipinski definition) is 1. The summed E-state index contributed by atoms with van der Waals surface area (Å²) in [5, 5.41) is 10.2. The molecule has 1 saturated carbocycles. The summed E-state index contributed by atoms with van der Waals surface area (Å²) in [6.07, 6.45) is 5.82. The number of aliphatic hydroxyl groups is 1. The second-order valence-electron chi connectivity index (χ2n) is 5.97. The van der Waals surface area contributed by atoms with Crippen LogP contribution in [0.4, 0.5) is 0 Å². The van der Waals surface area contributed by atoms with E-state index >= 15 is 0 Å². The maximum absolute atomic E-state index is 11.9. The van der Waals surface area contributed by atoms with Crippen LogP contribution in [0.3, 0.4) is 0 Å². The molecule has 0 aromatic heterocycles. The standard InChI is InChI=1S/C14H26N2O2/c1-11-14(18)15(2)7-8-16(11)10-13(17)9-12-5-3-4-6-12/h11-13,17H,3-10H2,1-2H3/t11-,13-/m0/s1. The Bertz CT molecular complexity index is 290. The molecule has 0 bridgehead atoms. The largest absolute Gasteiger partial charge is 0.392 e. The molecule has 1 saturated heterocycles. The third-order valence-corrected chi connectivity index (χ3v) is 4.53. The van der Waals surface area contributed by atoms with Crippen molar-refractivity contribution in [1.82, 2.24) is 9.80 Å². The molecule has 2 aliphatic rings. The van der Waals surface area contributed by atoms with Crippen molar-refractivity contribution in [3.63, 3.8) is 0 Å². The summed E-state index contributed by atoms with van der Waals surface area (Å²) in [7, 11) is 1.85. The van der Waals surface area contributed by atoms with Crippen LogP contribution in [-0.4, -0.2) is 59.6 Å². The number of carbonyl (C=O) groups excluding carboxylic acids is 1. The molecule has 4 heteroatoms. The van der Waals surface area contributed by atoms with Crippen molar-refractivity contribution in [2.45, 2.75) is 51.2 Å². The molecule has 2 fully saturated rings. The van der Waals surface area contributed by atoms with Gasteiger partial charge in [0, 0.05) is 26.7 Å². The molecular formula is C14H26N2O2. The van der Waals surface area contributed by atoms with E-state index in [0.717, 1.165) is 19.5 Å². The number of carbonyl (C=O) groups is 1. The van der Waals surface area contributed by atoms with Crippen molar-refractivity contribution in [3.05, 3.63) is 0 Å². The zero-order chi connectivity index (χ0) is 13.1. The van der Waals surface area contributed by atoms with Crippen LogP contribution in [0.2, 0.25) is 0 Å². The van der Waals surface area contributed by atoms with Crippen LogP contribution < -0.4 is 0 Å². The van der Waals surface area contributed by atoms with E-state index in [0.29, 0.717) is 12.5 Å². The number of amides is 1. The zero-order valence-electron chi connectivity index (χ0n) is 11.6. The Morgan fingerprint density at radius 2 is 2.00 bits per heavy atom. The molecule has 4 nitrogen and oxygen atoms in total. The summed E-state index contributed by atoms with van der Waals surface area (Å²) in [5.74, 6) is 0.882.